The summed E-state index contributed by atoms with van der Waals surface area (Å²) >= 11 is 0. The first-order valence-electron chi connectivity index (χ1n) is 13.8. The molecule has 4 heterocycles. The molecular weight excluding hydrogens is 510 g/mol. The van der Waals surface area contributed by atoms with Crippen LogP contribution in [0.2, 0.25) is 0 Å². The van der Waals surface area contributed by atoms with E-state index in [0.717, 1.165) is 37.1 Å². The summed E-state index contributed by atoms with van der Waals surface area (Å²) in [5, 5.41) is 17.9. The van der Waals surface area contributed by atoms with E-state index < -0.39 is 17.7 Å². The van der Waals surface area contributed by atoms with Crippen molar-refractivity contribution < 1.29 is 24.2 Å². The Morgan fingerprint density at radius 2 is 2.05 bits per heavy atom. The number of amides is 1. The van der Waals surface area contributed by atoms with Gasteiger partial charge < -0.3 is 24.8 Å². The number of ether oxygens (including phenoxy) is 2. The van der Waals surface area contributed by atoms with Gasteiger partial charge in [0.05, 0.1) is 11.2 Å². The number of nitrogens with zero attached hydrogens (tertiary/aromatic N) is 4. The highest BCUT2D eigenvalue weighted by Crippen LogP contribution is 2.37. The molecule has 1 aromatic carbocycles. The summed E-state index contributed by atoms with van der Waals surface area (Å²) in [6.45, 7) is 9.43. The van der Waals surface area contributed by atoms with Gasteiger partial charge in [0.2, 0.25) is 0 Å². The number of carbonyl (C=O) groups excluding carboxylic acids is 1. The third-order valence-corrected chi connectivity index (χ3v) is 7.20. The zero-order chi connectivity index (χ0) is 28.4. The quantitative estimate of drug-likeness (QED) is 0.462. The van der Waals surface area contributed by atoms with E-state index in [0.29, 0.717) is 41.8 Å². The molecule has 0 spiro atoms. The van der Waals surface area contributed by atoms with Crippen LogP contribution in [0.25, 0.3) is 5.65 Å². The van der Waals surface area contributed by atoms with Crippen molar-refractivity contribution in [1.82, 2.24) is 19.9 Å². The summed E-state index contributed by atoms with van der Waals surface area (Å²) in [4.78, 5) is 32.7. The number of para-hydroxylation sites is 1. The molecule has 10 heteroatoms. The molecule has 10 nitrogen and oxygen atoms in total. The van der Waals surface area contributed by atoms with Crippen molar-refractivity contribution in [3.05, 3.63) is 65.0 Å². The average molecular weight is 548 g/mol. The minimum absolute atomic E-state index is 0.201. The minimum atomic E-state index is -1.25. The van der Waals surface area contributed by atoms with Gasteiger partial charge in [0.25, 0.3) is 5.91 Å². The molecule has 1 amide bonds. The van der Waals surface area contributed by atoms with Gasteiger partial charge in [-0.1, -0.05) is 30.4 Å². The number of carboxylic acids is 1. The van der Waals surface area contributed by atoms with Crippen molar-refractivity contribution in [3.8, 4) is 5.75 Å². The van der Waals surface area contributed by atoms with Crippen molar-refractivity contribution in [1.29, 1.82) is 0 Å². The molecular formula is C30H37N5O5. The summed E-state index contributed by atoms with van der Waals surface area (Å²) in [5.74, 6) is 0.240. The Morgan fingerprint density at radius 1 is 1.25 bits per heavy atom. The van der Waals surface area contributed by atoms with Crippen LogP contribution >= 0.6 is 0 Å². The van der Waals surface area contributed by atoms with Crippen LogP contribution in [-0.4, -0.2) is 56.9 Å². The number of anilines is 1. The third kappa shape index (κ3) is 5.96. The first-order valence-corrected chi connectivity index (χ1v) is 13.8. The first-order chi connectivity index (χ1) is 19.1. The molecule has 2 unspecified atom stereocenters. The largest absolute Gasteiger partial charge is 0.489 e. The van der Waals surface area contributed by atoms with E-state index >= 15 is 0 Å². The van der Waals surface area contributed by atoms with Gasteiger partial charge in [-0.15, -0.1) is 0 Å². The van der Waals surface area contributed by atoms with Crippen LogP contribution in [0, 0.1) is 12.8 Å². The van der Waals surface area contributed by atoms with E-state index in [-0.39, 0.29) is 18.1 Å². The van der Waals surface area contributed by atoms with Crippen molar-refractivity contribution in [2.45, 2.75) is 65.2 Å². The topological polar surface area (TPSA) is 118 Å². The van der Waals surface area contributed by atoms with Crippen LogP contribution in [0.1, 0.15) is 73.4 Å². The van der Waals surface area contributed by atoms with Crippen LogP contribution in [0.5, 0.6) is 5.75 Å². The van der Waals surface area contributed by atoms with Gasteiger partial charge in [0.1, 0.15) is 18.2 Å². The number of benzene rings is 1. The van der Waals surface area contributed by atoms with Crippen molar-refractivity contribution >= 4 is 23.3 Å². The number of aryl methyl sites for hydroxylation is 1. The highest BCUT2D eigenvalue weighted by atomic mass is 16.5. The van der Waals surface area contributed by atoms with Crippen LogP contribution < -0.4 is 15.0 Å². The van der Waals surface area contributed by atoms with Crippen LogP contribution in [0.3, 0.4) is 0 Å². The van der Waals surface area contributed by atoms with Crippen LogP contribution in [-0.2, 0) is 16.1 Å². The molecule has 2 aliphatic heterocycles. The standard InChI is InChI=1S/C30H37N5O5/c1-19-25(26(29(37)38)40-30(2,3)4)28-34-14-9-11-20(18-34)10-7-8-15-39-23-13-6-5-12-21(23)17-31-27(36)22-16-24(32-19)35(28)33-22/h5-8,12-13,16,20,26H,9-11,14-15,17-18H2,1-4H3,(H,31,36)(H,37,38). The lowest BCUT2D eigenvalue weighted by molar-refractivity contribution is -0.160. The third-order valence-electron chi connectivity index (χ3n) is 7.20. The number of aliphatic carboxylic acids is 1. The zero-order valence-electron chi connectivity index (χ0n) is 23.5. The van der Waals surface area contributed by atoms with Gasteiger partial charge in [-0.25, -0.2) is 9.78 Å². The molecule has 3 aromatic rings. The number of allylic oxidation sites excluding steroid dienone is 1. The fourth-order valence-corrected chi connectivity index (χ4v) is 5.42. The Balaban J connectivity index is 1.65. The molecule has 1 fully saturated rings. The number of piperidine rings is 1. The highest BCUT2D eigenvalue weighted by Gasteiger charge is 2.35. The fraction of sp³-hybridized carbons (Fsp3) is 0.467. The van der Waals surface area contributed by atoms with Crippen LogP contribution in [0.4, 0.5) is 5.82 Å². The molecule has 4 bridgehead atoms. The smallest absolute Gasteiger partial charge is 0.337 e. The summed E-state index contributed by atoms with van der Waals surface area (Å²) in [6.07, 6.45) is 5.80. The number of carbonyl (C=O) groups is 2. The highest BCUT2D eigenvalue weighted by molar-refractivity contribution is 5.93. The fourth-order valence-electron chi connectivity index (χ4n) is 5.42. The Hall–Kier alpha value is -3.92. The normalized spacial score (nSPS) is 19.1. The maximum absolute atomic E-state index is 13.3. The Morgan fingerprint density at radius 3 is 2.83 bits per heavy atom. The molecule has 0 aliphatic carbocycles. The molecule has 0 radical (unpaired) electrons. The second kappa shape index (κ2) is 11.3. The number of hydrogen-bond donors (Lipinski definition) is 2. The number of hydrogen-bond acceptors (Lipinski definition) is 7. The van der Waals surface area contributed by atoms with E-state index in [4.69, 9.17) is 14.5 Å². The molecule has 2 aliphatic rings. The SMILES string of the molecule is Cc1nc2cc3nn2c(c1C(OC(C)(C)C)C(=O)O)N1CCCC(CC=CCOc2ccccc2CNC3=O)C1. The van der Waals surface area contributed by atoms with E-state index in [1.807, 2.05) is 51.1 Å². The maximum atomic E-state index is 13.3. The van der Waals surface area contributed by atoms with E-state index in [1.165, 1.54) is 0 Å². The molecule has 1 saturated heterocycles. The Labute approximate surface area is 234 Å². The van der Waals surface area contributed by atoms with Gasteiger partial charge in [-0.05, 0) is 58.9 Å². The zero-order valence-corrected chi connectivity index (χ0v) is 23.5. The maximum Gasteiger partial charge on any atom is 0.337 e. The second-order valence-corrected chi connectivity index (χ2v) is 11.4. The molecule has 2 aromatic heterocycles. The summed E-state index contributed by atoms with van der Waals surface area (Å²) < 4.78 is 13.7. The minimum Gasteiger partial charge on any atom is -0.489 e. The van der Waals surface area contributed by atoms with Crippen molar-refractivity contribution in [3.63, 3.8) is 0 Å². The van der Waals surface area contributed by atoms with Gasteiger partial charge in [0, 0.05) is 37.0 Å². The van der Waals surface area contributed by atoms with Gasteiger partial charge in [-0.2, -0.15) is 9.61 Å². The van der Waals surface area contributed by atoms with Gasteiger partial charge in [-0.3, -0.25) is 4.79 Å². The Bertz CT molecular complexity index is 1440. The summed E-state index contributed by atoms with van der Waals surface area (Å²) in [6, 6.07) is 9.28. The van der Waals surface area contributed by atoms with E-state index in [9.17, 15) is 14.7 Å². The number of carboxylic acid groups (broad SMARTS) is 1. The number of nitrogens with one attached hydrogen (secondary N) is 1. The van der Waals surface area contributed by atoms with Crippen molar-refractivity contribution in [2.24, 2.45) is 5.92 Å². The average Bonchev–Trinajstić information content (AvgIpc) is 3.33. The Kier molecular flexibility index (Phi) is 7.80. The van der Waals surface area contributed by atoms with E-state index in [2.05, 4.69) is 21.4 Å². The lowest BCUT2D eigenvalue weighted by atomic mass is 9.94. The number of aromatic nitrogens is 3. The van der Waals surface area contributed by atoms with Crippen molar-refractivity contribution in [2.75, 3.05) is 24.6 Å². The van der Waals surface area contributed by atoms with Gasteiger partial charge >= 0.3 is 5.97 Å². The van der Waals surface area contributed by atoms with Crippen LogP contribution in [0.15, 0.2) is 42.5 Å². The second-order valence-electron chi connectivity index (χ2n) is 11.4. The summed E-state index contributed by atoms with van der Waals surface area (Å²) in [5.41, 5.74) is 1.83. The monoisotopic (exact) mass is 547 g/mol. The predicted octanol–water partition coefficient (Wildman–Crippen LogP) is 4.46. The molecule has 2 N–H and O–H groups in total. The lowest BCUT2D eigenvalue weighted by Gasteiger charge is -2.37. The molecule has 40 heavy (non-hydrogen) atoms. The predicted molar refractivity (Wildman–Crippen MR) is 151 cm³/mol. The molecule has 0 saturated carbocycles. The molecule has 212 valence electrons. The molecule has 5 rings (SSSR count). The first kappa shape index (κ1) is 27.6. The van der Waals surface area contributed by atoms with E-state index in [1.54, 1.807) is 17.5 Å². The lowest BCUT2D eigenvalue weighted by Crippen LogP contribution is -2.39. The summed E-state index contributed by atoms with van der Waals surface area (Å²) in [7, 11) is 0. The van der Waals surface area contributed by atoms with Gasteiger partial charge in [0.15, 0.2) is 17.4 Å². The number of fused-ring (bicyclic) bond motifs is 5. The number of rotatable bonds is 3. The molecule has 2 atom stereocenters.